The Balaban J connectivity index is 2.12. The predicted octanol–water partition coefficient (Wildman–Crippen LogP) is 5.13. The fourth-order valence-corrected chi connectivity index (χ4v) is 5.96. The molecule has 0 aliphatic rings. The van der Waals surface area contributed by atoms with Gasteiger partial charge in [0.2, 0.25) is 0 Å². The summed E-state index contributed by atoms with van der Waals surface area (Å²) in [4.78, 5) is 28.8. The van der Waals surface area contributed by atoms with Crippen LogP contribution in [0.5, 0.6) is 0 Å². The molecule has 0 saturated carbocycles. The fraction of sp³-hybridized carbons (Fsp3) is 0.143. The van der Waals surface area contributed by atoms with Crippen molar-refractivity contribution in [3.05, 3.63) is 113 Å². The minimum absolute atomic E-state index is 0.0920. The van der Waals surface area contributed by atoms with Crippen molar-refractivity contribution in [2.45, 2.75) is 17.1 Å². The third-order valence-corrected chi connectivity index (χ3v) is 7.95. The van der Waals surface area contributed by atoms with Crippen molar-refractivity contribution in [1.29, 1.82) is 0 Å². The van der Waals surface area contributed by atoms with Gasteiger partial charge >= 0.3 is 11.9 Å². The smallest absolute Gasteiger partial charge is 0.355 e. The molecule has 0 amide bonds. The van der Waals surface area contributed by atoms with E-state index in [2.05, 4.69) is 4.98 Å². The lowest BCUT2D eigenvalue weighted by molar-refractivity contribution is 0.0552. The Morgan fingerprint density at radius 1 is 0.778 bits per heavy atom. The Bertz CT molecular complexity index is 1490. The van der Waals surface area contributed by atoms with Gasteiger partial charge in [0, 0.05) is 11.3 Å². The van der Waals surface area contributed by atoms with Crippen LogP contribution in [0, 0.1) is 6.92 Å². The number of methoxy groups -OCH3 is 2. The summed E-state index contributed by atoms with van der Waals surface area (Å²) in [5, 5.41) is -1.27. The number of carbonyl (C=O) groups excluding carboxylic acids is 2. The van der Waals surface area contributed by atoms with E-state index in [1.807, 2.05) is 6.92 Å². The van der Waals surface area contributed by atoms with E-state index < -0.39 is 27.0 Å². The van der Waals surface area contributed by atoms with Crippen LogP contribution in [0.1, 0.15) is 42.9 Å². The van der Waals surface area contributed by atoms with Gasteiger partial charge in [0.25, 0.3) is 0 Å². The van der Waals surface area contributed by atoms with E-state index in [1.54, 1.807) is 84.9 Å². The molecule has 0 aliphatic carbocycles. The van der Waals surface area contributed by atoms with Gasteiger partial charge < -0.3 is 14.5 Å². The molecule has 1 aromatic heterocycles. The standard InChI is InChI=1S/C28H25NO6S/c1-18-14-16-21(17-15-18)36(32,33)26(20-12-8-5-9-13-20)24-22(19-10-6-4-7-11-19)23(27(30)34-2)25(29-24)28(31)35-3/h4-17,26,29H,1-3H3. The second-order valence-electron chi connectivity index (χ2n) is 8.16. The van der Waals surface area contributed by atoms with Crippen LogP contribution in [0.15, 0.2) is 89.8 Å². The molecular formula is C28H25NO6S. The molecule has 1 atom stereocenters. The van der Waals surface area contributed by atoms with Crippen molar-refractivity contribution < 1.29 is 27.5 Å². The number of aromatic nitrogens is 1. The second kappa shape index (κ2) is 10.2. The molecule has 0 spiro atoms. The molecule has 184 valence electrons. The Morgan fingerprint density at radius 3 is 1.89 bits per heavy atom. The SMILES string of the molecule is COC(=O)c1[nH]c(C(c2ccccc2)S(=O)(=O)c2ccc(C)cc2)c(-c2ccccc2)c1C(=O)OC. The van der Waals surface area contributed by atoms with Crippen LogP contribution in [0.4, 0.5) is 0 Å². The lowest BCUT2D eigenvalue weighted by Gasteiger charge is -2.20. The zero-order valence-corrected chi connectivity index (χ0v) is 20.8. The van der Waals surface area contributed by atoms with Crippen LogP contribution in [0.3, 0.4) is 0 Å². The number of aryl methyl sites for hydroxylation is 1. The largest absolute Gasteiger partial charge is 0.465 e. The zero-order chi connectivity index (χ0) is 25.9. The van der Waals surface area contributed by atoms with Crippen molar-refractivity contribution in [2.24, 2.45) is 0 Å². The highest BCUT2D eigenvalue weighted by Gasteiger charge is 2.38. The molecule has 1 unspecified atom stereocenters. The monoisotopic (exact) mass is 503 g/mol. The van der Waals surface area contributed by atoms with E-state index >= 15 is 0 Å². The summed E-state index contributed by atoms with van der Waals surface area (Å²) < 4.78 is 38.3. The molecule has 36 heavy (non-hydrogen) atoms. The maximum Gasteiger partial charge on any atom is 0.355 e. The lowest BCUT2D eigenvalue weighted by atomic mass is 9.96. The molecule has 4 rings (SSSR count). The number of H-pyrrole nitrogens is 1. The van der Waals surface area contributed by atoms with Crippen LogP contribution in [-0.2, 0) is 19.3 Å². The van der Waals surface area contributed by atoms with Gasteiger partial charge in [0.15, 0.2) is 9.84 Å². The molecule has 0 aliphatic heterocycles. The number of aromatic amines is 1. The van der Waals surface area contributed by atoms with Gasteiger partial charge in [-0.1, -0.05) is 78.4 Å². The average Bonchev–Trinajstić information content (AvgIpc) is 3.29. The van der Waals surface area contributed by atoms with Crippen LogP contribution >= 0.6 is 0 Å². The number of sulfone groups is 1. The Labute approximate surface area is 209 Å². The number of nitrogens with one attached hydrogen (secondary N) is 1. The fourth-order valence-electron chi connectivity index (χ4n) is 4.17. The van der Waals surface area contributed by atoms with Crippen molar-refractivity contribution in [1.82, 2.24) is 4.98 Å². The molecule has 0 radical (unpaired) electrons. The average molecular weight is 504 g/mol. The molecule has 7 nitrogen and oxygen atoms in total. The Morgan fingerprint density at radius 2 is 1.33 bits per heavy atom. The molecule has 0 bridgehead atoms. The van der Waals surface area contributed by atoms with E-state index in [0.29, 0.717) is 11.1 Å². The molecule has 8 heteroatoms. The van der Waals surface area contributed by atoms with Crippen molar-refractivity contribution in [3.63, 3.8) is 0 Å². The van der Waals surface area contributed by atoms with Crippen molar-refractivity contribution in [2.75, 3.05) is 14.2 Å². The summed E-state index contributed by atoms with van der Waals surface area (Å²) in [6.07, 6.45) is 0. The molecular weight excluding hydrogens is 478 g/mol. The maximum atomic E-state index is 14.2. The molecule has 3 aromatic carbocycles. The van der Waals surface area contributed by atoms with Gasteiger partial charge in [-0.25, -0.2) is 18.0 Å². The topological polar surface area (TPSA) is 103 Å². The van der Waals surface area contributed by atoms with Gasteiger partial charge in [0.05, 0.1) is 19.1 Å². The number of hydrogen-bond acceptors (Lipinski definition) is 6. The number of ether oxygens (including phenoxy) is 2. The summed E-state index contributed by atoms with van der Waals surface area (Å²) in [6.45, 7) is 1.87. The third kappa shape index (κ3) is 4.55. The molecule has 1 heterocycles. The molecule has 0 saturated heterocycles. The van der Waals surface area contributed by atoms with Crippen molar-refractivity contribution in [3.8, 4) is 11.1 Å². The first kappa shape index (κ1) is 24.9. The van der Waals surface area contributed by atoms with Gasteiger partial charge in [-0.15, -0.1) is 0 Å². The highest BCUT2D eigenvalue weighted by Crippen LogP contribution is 2.42. The van der Waals surface area contributed by atoms with Gasteiger partial charge in [-0.05, 0) is 30.2 Å². The third-order valence-electron chi connectivity index (χ3n) is 5.89. The normalized spacial score (nSPS) is 12.1. The molecule has 1 N–H and O–H groups in total. The van der Waals surface area contributed by atoms with Crippen molar-refractivity contribution >= 4 is 21.8 Å². The number of benzene rings is 3. The summed E-state index contributed by atoms with van der Waals surface area (Å²) >= 11 is 0. The van der Waals surface area contributed by atoms with E-state index in [4.69, 9.17) is 9.47 Å². The number of rotatable bonds is 7. The first-order valence-electron chi connectivity index (χ1n) is 11.1. The summed E-state index contributed by atoms with van der Waals surface area (Å²) in [7, 11) is -1.68. The quantitative estimate of drug-likeness (QED) is 0.351. The van der Waals surface area contributed by atoms with E-state index in [-0.39, 0.29) is 27.4 Å². The summed E-state index contributed by atoms with van der Waals surface area (Å²) in [6, 6.07) is 24.0. The molecule has 0 fully saturated rings. The second-order valence-corrected chi connectivity index (χ2v) is 10.2. The van der Waals surface area contributed by atoms with Crippen LogP contribution in [-0.4, -0.2) is 39.6 Å². The van der Waals surface area contributed by atoms with Crippen LogP contribution in [0.25, 0.3) is 11.1 Å². The summed E-state index contributed by atoms with van der Waals surface area (Å²) in [5.41, 5.74) is 2.06. The van der Waals surface area contributed by atoms with Gasteiger partial charge in [-0.2, -0.15) is 0 Å². The van der Waals surface area contributed by atoms with E-state index in [0.717, 1.165) is 5.56 Å². The van der Waals surface area contributed by atoms with Crippen LogP contribution in [0.2, 0.25) is 0 Å². The first-order chi connectivity index (χ1) is 17.3. The molecule has 4 aromatic rings. The Kier molecular flexibility index (Phi) is 7.07. The zero-order valence-electron chi connectivity index (χ0n) is 20.0. The summed E-state index contributed by atoms with van der Waals surface area (Å²) in [5.74, 6) is -1.62. The van der Waals surface area contributed by atoms with Crippen LogP contribution < -0.4 is 0 Å². The predicted molar refractivity (Wildman–Crippen MR) is 136 cm³/mol. The maximum absolute atomic E-state index is 14.2. The number of hydrogen-bond donors (Lipinski definition) is 1. The number of esters is 2. The van der Waals surface area contributed by atoms with Gasteiger partial charge in [-0.3, -0.25) is 0 Å². The van der Waals surface area contributed by atoms with E-state index in [1.165, 1.54) is 14.2 Å². The Hall–Kier alpha value is -4.17. The minimum atomic E-state index is -4.06. The first-order valence-corrected chi connectivity index (χ1v) is 12.7. The number of carbonyl (C=O) groups is 2. The van der Waals surface area contributed by atoms with E-state index in [9.17, 15) is 18.0 Å². The highest BCUT2D eigenvalue weighted by atomic mass is 32.2. The highest BCUT2D eigenvalue weighted by molar-refractivity contribution is 7.92. The minimum Gasteiger partial charge on any atom is -0.465 e. The van der Waals surface area contributed by atoms with Gasteiger partial charge in [0.1, 0.15) is 16.5 Å². The lowest BCUT2D eigenvalue weighted by Crippen LogP contribution is -2.17.